The first-order valence-corrected chi connectivity index (χ1v) is 7.38. The molecule has 0 aliphatic carbocycles. The van der Waals surface area contributed by atoms with Gasteiger partial charge in [-0.05, 0) is 54.4 Å². The van der Waals surface area contributed by atoms with Crippen molar-refractivity contribution in [2.75, 3.05) is 13.2 Å². The Morgan fingerprint density at radius 3 is 2.43 bits per heavy atom. The molecule has 0 aliphatic rings. The van der Waals surface area contributed by atoms with E-state index in [1.165, 1.54) is 4.90 Å². The first kappa shape index (κ1) is 18.1. The number of benzene rings is 1. The summed E-state index contributed by atoms with van der Waals surface area (Å²) in [5, 5.41) is 9.82. The van der Waals surface area contributed by atoms with E-state index in [2.05, 4.69) is 15.9 Å². The Bertz CT molecular complexity index is 478. The number of phenolic OH excluding ortho intramolecular Hbond substituents is 1. The molecule has 0 unspecified atom stereocenters. The molecular formula is C14H19BrF3NO2. The molecule has 0 aromatic heterocycles. The summed E-state index contributed by atoms with van der Waals surface area (Å²) < 4.78 is 43.5. The summed E-state index contributed by atoms with van der Waals surface area (Å²) in [6, 6.07) is 2.91. The van der Waals surface area contributed by atoms with Gasteiger partial charge >= 0.3 is 6.18 Å². The van der Waals surface area contributed by atoms with Crippen LogP contribution >= 0.6 is 15.9 Å². The minimum absolute atomic E-state index is 0.0486. The molecule has 0 amide bonds. The highest BCUT2D eigenvalue weighted by molar-refractivity contribution is 9.10. The lowest BCUT2D eigenvalue weighted by molar-refractivity contribution is -0.150. The number of hydrogen-bond acceptors (Lipinski definition) is 3. The molecule has 1 aromatic carbocycles. The highest BCUT2D eigenvalue weighted by Crippen LogP contribution is 2.36. The fourth-order valence-electron chi connectivity index (χ4n) is 1.87. The highest BCUT2D eigenvalue weighted by Gasteiger charge is 2.31. The topological polar surface area (TPSA) is 32.7 Å². The van der Waals surface area contributed by atoms with Gasteiger partial charge in [0, 0.05) is 12.6 Å². The van der Waals surface area contributed by atoms with E-state index in [-0.39, 0.29) is 24.1 Å². The Kier molecular flexibility index (Phi) is 6.34. The zero-order valence-electron chi connectivity index (χ0n) is 12.2. The molecule has 1 N–H and O–H groups in total. The molecule has 0 fully saturated rings. The lowest BCUT2D eigenvalue weighted by Gasteiger charge is -2.27. The summed E-state index contributed by atoms with van der Waals surface area (Å²) in [5.74, 6) is 0.213. The third-order valence-electron chi connectivity index (χ3n) is 2.89. The van der Waals surface area contributed by atoms with Crippen molar-refractivity contribution in [3.63, 3.8) is 0 Å². The number of aromatic hydroxyl groups is 1. The smallest absolute Gasteiger partial charge is 0.401 e. The summed E-state index contributed by atoms with van der Waals surface area (Å²) in [6.07, 6.45) is -4.25. The molecule has 21 heavy (non-hydrogen) atoms. The lowest BCUT2D eigenvalue weighted by atomic mass is 10.1. The van der Waals surface area contributed by atoms with E-state index >= 15 is 0 Å². The van der Waals surface area contributed by atoms with Gasteiger partial charge in [0.2, 0.25) is 0 Å². The first-order chi connectivity index (χ1) is 9.64. The molecule has 3 nitrogen and oxygen atoms in total. The van der Waals surface area contributed by atoms with Crippen molar-refractivity contribution in [3.8, 4) is 11.5 Å². The second-order valence-corrected chi connectivity index (χ2v) is 5.83. The van der Waals surface area contributed by atoms with Crippen LogP contribution < -0.4 is 4.74 Å². The Balaban J connectivity index is 2.98. The maximum absolute atomic E-state index is 12.6. The molecule has 0 radical (unpaired) electrons. The Morgan fingerprint density at radius 1 is 1.33 bits per heavy atom. The number of phenols is 1. The molecule has 0 saturated carbocycles. The van der Waals surface area contributed by atoms with Gasteiger partial charge in [-0.1, -0.05) is 0 Å². The first-order valence-electron chi connectivity index (χ1n) is 6.59. The molecule has 0 bridgehead atoms. The molecule has 0 heterocycles. The summed E-state index contributed by atoms with van der Waals surface area (Å²) in [4.78, 5) is 1.31. The maximum Gasteiger partial charge on any atom is 0.401 e. The van der Waals surface area contributed by atoms with Gasteiger partial charge in [0.1, 0.15) is 0 Å². The number of hydrogen-bond donors (Lipinski definition) is 1. The number of nitrogens with zero attached hydrogens (tertiary/aromatic N) is 1. The van der Waals surface area contributed by atoms with Gasteiger partial charge in [0.05, 0.1) is 17.6 Å². The van der Waals surface area contributed by atoms with Crippen molar-refractivity contribution in [2.45, 2.75) is 39.5 Å². The highest BCUT2D eigenvalue weighted by atomic mass is 79.9. The van der Waals surface area contributed by atoms with Crippen LogP contribution in [-0.4, -0.2) is 35.4 Å². The number of alkyl halides is 3. The van der Waals surface area contributed by atoms with Crippen LogP contribution in [0.4, 0.5) is 13.2 Å². The predicted octanol–water partition coefficient (Wildman–Crippen LogP) is 4.33. The van der Waals surface area contributed by atoms with Gasteiger partial charge in [0.25, 0.3) is 0 Å². The van der Waals surface area contributed by atoms with Crippen LogP contribution in [0.5, 0.6) is 11.5 Å². The van der Waals surface area contributed by atoms with E-state index in [1.807, 2.05) is 0 Å². The van der Waals surface area contributed by atoms with Gasteiger partial charge in [-0.25, -0.2) is 0 Å². The zero-order valence-corrected chi connectivity index (χ0v) is 13.8. The maximum atomic E-state index is 12.6. The average Bonchev–Trinajstić information content (AvgIpc) is 2.33. The molecule has 0 aliphatic heterocycles. The van der Waals surface area contributed by atoms with E-state index in [1.54, 1.807) is 32.9 Å². The van der Waals surface area contributed by atoms with E-state index in [4.69, 9.17) is 4.74 Å². The van der Waals surface area contributed by atoms with Crippen LogP contribution in [0.15, 0.2) is 16.6 Å². The Hall–Kier alpha value is -0.950. The van der Waals surface area contributed by atoms with Crippen molar-refractivity contribution < 1.29 is 23.0 Å². The van der Waals surface area contributed by atoms with Crippen molar-refractivity contribution in [2.24, 2.45) is 0 Å². The second kappa shape index (κ2) is 7.35. The molecule has 120 valence electrons. The fraction of sp³-hybridized carbons (Fsp3) is 0.571. The number of rotatable bonds is 6. The zero-order chi connectivity index (χ0) is 16.2. The predicted molar refractivity (Wildman–Crippen MR) is 78.6 cm³/mol. The van der Waals surface area contributed by atoms with Gasteiger partial charge in [-0.2, -0.15) is 13.2 Å². The summed E-state index contributed by atoms with van der Waals surface area (Å²) in [6.45, 7) is 4.70. The van der Waals surface area contributed by atoms with E-state index in [0.29, 0.717) is 16.6 Å². The van der Waals surface area contributed by atoms with Crippen LogP contribution in [0, 0.1) is 0 Å². The largest absolute Gasteiger partial charge is 0.503 e. The third-order valence-corrected chi connectivity index (χ3v) is 3.49. The van der Waals surface area contributed by atoms with Gasteiger partial charge < -0.3 is 9.84 Å². The minimum atomic E-state index is -4.25. The van der Waals surface area contributed by atoms with Crippen LogP contribution in [0.2, 0.25) is 0 Å². The van der Waals surface area contributed by atoms with Crippen molar-refractivity contribution in [3.05, 3.63) is 22.2 Å². The van der Waals surface area contributed by atoms with Gasteiger partial charge in [0.15, 0.2) is 11.5 Å². The fourth-order valence-corrected chi connectivity index (χ4v) is 2.36. The molecule has 0 saturated heterocycles. The third kappa shape index (κ3) is 5.74. The molecule has 7 heteroatoms. The van der Waals surface area contributed by atoms with E-state index < -0.39 is 12.7 Å². The summed E-state index contributed by atoms with van der Waals surface area (Å²) in [5.41, 5.74) is 0.640. The molecule has 0 atom stereocenters. The van der Waals surface area contributed by atoms with E-state index in [9.17, 15) is 18.3 Å². The standard InChI is InChI=1S/C14H19BrF3NO2/c1-4-21-12-6-10(5-11(15)13(12)20)7-19(9(2)3)8-14(16,17)18/h5-6,9,20H,4,7-8H2,1-3H3. The second-order valence-electron chi connectivity index (χ2n) is 4.97. The summed E-state index contributed by atoms with van der Waals surface area (Å²) >= 11 is 3.18. The van der Waals surface area contributed by atoms with Crippen LogP contribution in [0.25, 0.3) is 0 Å². The average molecular weight is 370 g/mol. The van der Waals surface area contributed by atoms with Gasteiger partial charge in [-0.15, -0.1) is 0 Å². The molecule has 0 spiro atoms. The van der Waals surface area contributed by atoms with Crippen LogP contribution in [0.1, 0.15) is 26.3 Å². The van der Waals surface area contributed by atoms with E-state index in [0.717, 1.165) is 0 Å². The molecule has 1 aromatic rings. The Labute approximate surface area is 130 Å². The van der Waals surface area contributed by atoms with Crippen molar-refractivity contribution in [1.29, 1.82) is 0 Å². The normalized spacial score (nSPS) is 12.2. The van der Waals surface area contributed by atoms with Crippen molar-refractivity contribution in [1.82, 2.24) is 4.90 Å². The molecule has 1 rings (SSSR count). The summed E-state index contributed by atoms with van der Waals surface area (Å²) in [7, 11) is 0. The lowest BCUT2D eigenvalue weighted by Crippen LogP contribution is -2.38. The monoisotopic (exact) mass is 369 g/mol. The van der Waals surface area contributed by atoms with Gasteiger partial charge in [-0.3, -0.25) is 4.90 Å². The van der Waals surface area contributed by atoms with Crippen LogP contribution in [0.3, 0.4) is 0 Å². The quantitative estimate of drug-likeness (QED) is 0.809. The van der Waals surface area contributed by atoms with Crippen molar-refractivity contribution >= 4 is 15.9 Å². The Morgan fingerprint density at radius 2 is 1.95 bits per heavy atom. The SMILES string of the molecule is CCOc1cc(CN(CC(F)(F)F)C(C)C)cc(Br)c1O. The minimum Gasteiger partial charge on any atom is -0.503 e. The number of ether oxygens (including phenoxy) is 1. The number of halogens is 4. The van der Waals surface area contributed by atoms with Crippen LogP contribution in [-0.2, 0) is 6.54 Å². The molecular weight excluding hydrogens is 351 g/mol.